The SMILES string of the molecule is O=NC1C(=C2c3ccccc3NC2O)Nc2ccccc21. The molecule has 0 aromatic heterocycles. The molecule has 21 heavy (non-hydrogen) atoms. The van der Waals surface area contributed by atoms with E-state index in [0.717, 1.165) is 22.5 Å². The van der Waals surface area contributed by atoms with Gasteiger partial charge in [0.1, 0.15) is 0 Å². The lowest BCUT2D eigenvalue weighted by Gasteiger charge is -2.12. The number of para-hydroxylation sites is 2. The number of benzene rings is 2. The number of rotatable bonds is 1. The van der Waals surface area contributed by atoms with E-state index in [1.54, 1.807) is 0 Å². The van der Waals surface area contributed by atoms with Gasteiger partial charge in [0.25, 0.3) is 0 Å². The third kappa shape index (κ3) is 1.68. The van der Waals surface area contributed by atoms with E-state index in [2.05, 4.69) is 15.8 Å². The summed E-state index contributed by atoms with van der Waals surface area (Å²) in [6.45, 7) is 0. The van der Waals surface area contributed by atoms with E-state index >= 15 is 0 Å². The third-order valence-corrected chi connectivity index (χ3v) is 3.98. The first-order valence-corrected chi connectivity index (χ1v) is 6.76. The maximum atomic E-state index is 11.3. The summed E-state index contributed by atoms with van der Waals surface area (Å²) in [6.07, 6.45) is -0.844. The molecule has 2 aromatic carbocycles. The number of nitrogens with zero attached hydrogens (tertiary/aromatic N) is 1. The van der Waals surface area contributed by atoms with Gasteiger partial charge in [0.15, 0.2) is 12.3 Å². The van der Waals surface area contributed by atoms with Gasteiger partial charge in [-0.3, -0.25) is 0 Å². The Morgan fingerprint density at radius 2 is 1.71 bits per heavy atom. The number of fused-ring (bicyclic) bond motifs is 2. The zero-order valence-corrected chi connectivity index (χ0v) is 11.1. The highest BCUT2D eigenvalue weighted by Gasteiger charge is 2.36. The maximum Gasteiger partial charge on any atom is 0.159 e. The summed E-state index contributed by atoms with van der Waals surface area (Å²) >= 11 is 0. The molecule has 0 amide bonds. The van der Waals surface area contributed by atoms with Gasteiger partial charge >= 0.3 is 0 Å². The molecule has 4 rings (SSSR count). The fraction of sp³-hybridized carbons (Fsp3) is 0.125. The molecule has 0 bridgehead atoms. The Labute approximate surface area is 121 Å². The van der Waals surface area contributed by atoms with Crippen LogP contribution in [-0.4, -0.2) is 11.3 Å². The number of aliphatic hydroxyl groups is 1. The normalized spacial score (nSPS) is 25.8. The third-order valence-electron chi connectivity index (χ3n) is 3.98. The quantitative estimate of drug-likeness (QED) is 0.701. The molecule has 0 fully saturated rings. The minimum absolute atomic E-state index is 0.612. The van der Waals surface area contributed by atoms with E-state index < -0.39 is 12.3 Å². The van der Waals surface area contributed by atoms with E-state index in [0.29, 0.717) is 11.3 Å². The summed E-state index contributed by atoms with van der Waals surface area (Å²) in [5.41, 5.74) is 4.79. The Morgan fingerprint density at radius 1 is 1.00 bits per heavy atom. The van der Waals surface area contributed by atoms with Crippen LogP contribution >= 0.6 is 0 Å². The average Bonchev–Trinajstić information content (AvgIpc) is 3.02. The lowest BCUT2D eigenvalue weighted by Crippen LogP contribution is -2.16. The zero-order chi connectivity index (χ0) is 14.4. The number of hydrogen-bond acceptors (Lipinski definition) is 5. The molecule has 2 atom stereocenters. The van der Waals surface area contributed by atoms with Crippen molar-refractivity contribution in [1.29, 1.82) is 0 Å². The van der Waals surface area contributed by atoms with Gasteiger partial charge in [0.2, 0.25) is 0 Å². The Kier molecular flexibility index (Phi) is 2.55. The number of aliphatic hydroxyl groups excluding tert-OH is 1. The molecule has 0 spiro atoms. The summed E-state index contributed by atoms with van der Waals surface area (Å²) in [7, 11) is 0. The second-order valence-corrected chi connectivity index (χ2v) is 5.14. The van der Waals surface area contributed by atoms with Crippen LogP contribution in [0.2, 0.25) is 0 Å². The summed E-state index contributed by atoms with van der Waals surface area (Å²) in [6, 6.07) is 14.6. The van der Waals surface area contributed by atoms with E-state index in [1.165, 1.54) is 0 Å². The molecule has 5 nitrogen and oxygen atoms in total. The molecular weight excluding hydrogens is 266 g/mol. The van der Waals surface area contributed by atoms with Crippen LogP contribution in [0.4, 0.5) is 11.4 Å². The minimum atomic E-state index is -0.844. The van der Waals surface area contributed by atoms with Gasteiger partial charge in [-0.25, -0.2) is 0 Å². The average molecular weight is 279 g/mol. The monoisotopic (exact) mass is 279 g/mol. The van der Waals surface area contributed by atoms with Crippen LogP contribution in [0.25, 0.3) is 5.57 Å². The molecular formula is C16H13N3O2. The molecule has 104 valence electrons. The molecule has 2 heterocycles. The largest absolute Gasteiger partial charge is 0.369 e. The number of nitroso groups, excluding NO2 is 1. The minimum Gasteiger partial charge on any atom is -0.369 e. The Bertz CT molecular complexity index is 770. The summed E-state index contributed by atoms with van der Waals surface area (Å²) in [5, 5.41) is 19.8. The Hall–Kier alpha value is -2.66. The second kappa shape index (κ2) is 4.43. The van der Waals surface area contributed by atoms with Crippen LogP contribution in [0.1, 0.15) is 17.2 Å². The first-order chi connectivity index (χ1) is 10.3. The van der Waals surface area contributed by atoms with Gasteiger partial charge in [-0.2, -0.15) is 0 Å². The van der Waals surface area contributed by atoms with Crippen molar-refractivity contribution < 1.29 is 5.11 Å². The van der Waals surface area contributed by atoms with Crippen molar-refractivity contribution in [2.45, 2.75) is 12.3 Å². The smallest absolute Gasteiger partial charge is 0.159 e. The molecule has 3 N–H and O–H groups in total. The number of hydrogen-bond donors (Lipinski definition) is 3. The molecule has 2 aliphatic rings. The van der Waals surface area contributed by atoms with Crippen LogP contribution in [0.15, 0.2) is 59.4 Å². The maximum absolute atomic E-state index is 11.3. The molecule has 2 aromatic rings. The highest BCUT2D eigenvalue weighted by molar-refractivity contribution is 5.90. The van der Waals surface area contributed by atoms with E-state index in [1.807, 2.05) is 48.5 Å². The molecule has 0 radical (unpaired) electrons. The van der Waals surface area contributed by atoms with E-state index in [4.69, 9.17) is 0 Å². The first-order valence-electron chi connectivity index (χ1n) is 6.76. The fourth-order valence-electron chi connectivity index (χ4n) is 3.05. The first kappa shape index (κ1) is 12.1. The van der Waals surface area contributed by atoms with Crippen molar-refractivity contribution in [3.05, 3.63) is 70.3 Å². The van der Waals surface area contributed by atoms with Gasteiger partial charge in [0.05, 0.1) is 5.70 Å². The van der Waals surface area contributed by atoms with Crippen LogP contribution in [0.3, 0.4) is 0 Å². The Morgan fingerprint density at radius 3 is 2.52 bits per heavy atom. The molecule has 2 aliphatic heterocycles. The van der Waals surface area contributed by atoms with Gasteiger partial charge in [-0.15, -0.1) is 4.91 Å². The summed E-state index contributed by atoms with van der Waals surface area (Å²) in [5.74, 6) is 0. The van der Waals surface area contributed by atoms with Gasteiger partial charge < -0.3 is 15.7 Å². The van der Waals surface area contributed by atoms with Gasteiger partial charge in [0, 0.05) is 28.1 Å². The van der Waals surface area contributed by atoms with Crippen LogP contribution < -0.4 is 10.6 Å². The van der Waals surface area contributed by atoms with E-state index in [-0.39, 0.29) is 0 Å². The van der Waals surface area contributed by atoms with Crippen molar-refractivity contribution in [3.8, 4) is 0 Å². The molecule has 2 unspecified atom stereocenters. The van der Waals surface area contributed by atoms with Crippen LogP contribution in [-0.2, 0) is 0 Å². The van der Waals surface area contributed by atoms with Crippen LogP contribution in [0, 0.1) is 4.91 Å². The van der Waals surface area contributed by atoms with Crippen molar-refractivity contribution in [3.63, 3.8) is 0 Å². The summed E-state index contributed by atoms with van der Waals surface area (Å²) in [4.78, 5) is 11.3. The summed E-state index contributed by atoms with van der Waals surface area (Å²) < 4.78 is 0. The molecule has 0 aliphatic carbocycles. The van der Waals surface area contributed by atoms with Crippen molar-refractivity contribution in [2.75, 3.05) is 10.6 Å². The molecule has 5 heteroatoms. The lowest BCUT2D eigenvalue weighted by atomic mass is 9.99. The standard InChI is InChI=1S/C16H13N3O2/c20-16-13(9-5-1-3-7-11(9)18-16)15-14(19-21)10-6-2-4-8-12(10)17-15/h1-8,14,16-18,20H. The van der Waals surface area contributed by atoms with Crippen molar-refractivity contribution >= 4 is 16.9 Å². The van der Waals surface area contributed by atoms with Gasteiger partial charge in [-0.1, -0.05) is 41.6 Å². The second-order valence-electron chi connectivity index (χ2n) is 5.14. The molecule has 0 saturated carbocycles. The van der Waals surface area contributed by atoms with E-state index in [9.17, 15) is 10.0 Å². The highest BCUT2D eigenvalue weighted by atomic mass is 16.3. The predicted molar refractivity (Wildman–Crippen MR) is 81.6 cm³/mol. The fourth-order valence-corrected chi connectivity index (χ4v) is 3.05. The number of anilines is 2. The highest BCUT2D eigenvalue weighted by Crippen LogP contribution is 2.46. The van der Waals surface area contributed by atoms with Crippen molar-refractivity contribution in [2.24, 2.45) is 5.18 Å². The molecule has 0 saturated heterocycles. The van der Waals surface area contributed by atoms with Gasteiger partial charge in [-0.05, 0) is 12.1 Å². The Balaban J connectivity index is 1.92. The topological polar surface area (TPSA) is 73.7 Å². The van der Waals surface area contributed by atoms with Crippen LogP contribution in [0.5, 0.6) is 0 Å². The lowest BCUT2D eigenvalue weighted by molar-refractivity contribution is 0.265. The van der Waals surface area contributed by atoms with Crippen molar-refractivity contribution in [1.82, 2.24) is 0 Å². The zero-order valence-electron chi connectivity index (χ0n) is 11.1. The number of nitrogens with one attached hydrogen (secondary N) is 2. The predicted octanol–water partition coefficient (Wildman–Crippen LogP) is 3.07.